The standard InChI is InChI=1S/C24H30N6O6/c1-25-19(31)16-5-4-14(10-17(16)20(25)32)12-27-21(33)18-11-15(6-9-26(18)22(27)34)13-28-23(35)29-7-2-3-8-30(29)24(28)36/h14-15,18H,2-13H2,1H3. The molecule has 0 radical (unpaired) electrons. The Balaban J connectivity index is 1.14. The van der Waals surface area contributed by atoms with E-state index in [2.05, 4.69) is 0 Å². The van der Waals surface area contributed by atoms with E-state index in [0.29, 0.717) is 62.9 Å². The van der Waals surface area contributed by atoms with Crippen LogP contribution in [0.4, 0.5) is 4.79 Å². The number of fused-ring (bicyclic) bond motifs is 2. The van der Waals surface area contributed by atoms with E-state index in [9.17, 15) is 28.8 Å². The van der Waals surface area contributed by atoms with Crippen molar-refractivity contribution >= 4 is 23.8 Å². The van der Waals surface area contributed by atoms with E-state index in [4.69, 9.17) is 0 Å². The highest BCUT2D eigenvalue weighted by molar-refractivity contribution is 6.19. The topological polar surface area (TPSA) is 127 Å². The lowest BCUT2D eigenvalue weighted by atomic mass is 9.84. The molecular weight excluding hydrogens is 468 g/mol. The quantitative estimate of drug-likeness (QED) is 0.416. The van der Waals surface area contributed by atoms with Gasteiger partial charge >= 0.3 is 17.4 Å². The molecule has 3 unspecified atom stereocenters. The number of piperidine rings is 1. The van der Waals surface area contributed by atoms with E-state index in [1.807, 2.05) is 0 Å². The average molecular weight is 499 g/mol. The number of rotatable bonds is 4. The second kappa shape index (κ2) is 8.31. The third-order valence-electron chi connectivity index (χ3n) is 8.59. The van der Waals surface area contributed by atoms with Gasteiger partial charge in [0, 0.05) is 50.9 Å². The zero-order valence-corrected chi connectivity index (χ0v) is 20.4. The van der Waals surface area contributed by atoms with Gasteiger partial charge in [-0.25, -0.2) is 28.3 Å². The molecule has 12 heteroatoms. The molecule has 4 aliphatic heterocycles. The van der Waals surface area contributed by atoms with Gasteiger partial charge in [0.15, 0.2) is 0 Å². The van der Waals surface area contributed by atoms with Gasteiger partial charge < -0.3 is 4.90 Å². The second-order valence-corrected chi connectivity index (χ2v) is 10.7. The van der Waals surface area contributed by atoms with E-state index in [1.165, 1.54) is 25.9 Å². The molecule has 5 amide bonds. The maximum atomic E-state index is 13.3. The molecule has 0 N–H and O–H groups in total. The third-order valence-corrected chi connectivity index (χ3v) is 8.59. The Kier molecular flexibility index (Phi) is 5.31. The number of aromatic nitrogens is 3. The van der Waals surface area contributed by atoms with Crippen molar-refractivity contribution in [3.8, 4) is 0 Å². The predicted octanol–water partition coefficient (Wildman–Crippen LogP) is -0.257. The number of urea groups is 1. The van der Waals surface area contributed by atoms with Gasteiger partial charge in [-0.15, -0.1) is 0 Å². The Labute approximate surface area is 206 Å². The van der Waals surface area contributed by atoms with Crippen molar-refractivity contribution in [3.05, 3.63) is 32.1 Å². The summed E-state index contributed by atoms with van der Waals surface area (Å²) in [5.41, 5.74) is 0.488. The number of hydrogen-bond donors (Lipinski definition) is 0. The number of hydrogen-bond acceptors (Lipinski definition) is 6. The Hall–Kier alpha value is -3.44. The van der Waals surface area contributed by atoms with Crippen LogP contribution in [0.3, 0.4) is 0 Å². The van der Waals surface area contributed by atoms with Gasteiger partial charge in [0.2, 0.25) is 0 Å². The smallest absolute Gasteiger partial charge is 0.312 e. The Morgan fingerprint density at radius 3 is 2.14 bits per heavy atom. The summed E-state index contributed by atoms with van der Waals surface area (Å²) in [7, 11) is 1.48. The highest BCUT2D eigenvalue weighted by atomic mass is 16.2. The predicted molar refractivity (Wildman–Crippen MR) is 125 cm³/mol. The first-order valence-corrected chi connectivity index (χ1v) is 12.8. The number of carbonyl (C=O) groups is 4. The largest absolute Gasteiger partial charge is 0.347 e. The monoisotopic (exact) mass is 498 g/mol. The van der Waals surface area contributed by atoms with Gasteiger partial charge in [-0.2, -0.15) is 0 Å². The molecule has 6 rings (SSSR count). The zero-order chi connectivity index (χ0) is 25.3. The van der Waals surface area contributed by atoms with Crippen molar-refractivity contribution in [2.75, 3.05) is 20.1 Å². The van der Waals surface area contributed by atoms with Crippen molar-refractivity contribution < 1.29 is 19.2 Å². The normalized spacial score (nSPS) is 28.2. The minimum atomic E-state index is -0.592. The summed E-state index contributed by atoms with van der Waals surface area (Å²) in [4.78, 5) is 80.6. The van der Waals surface area contributed by atoms with Crippen LogP contribution in [0.25, 0.3) is 0 Å². The van der Waals surface area contributed by atoms with Crippen LogP contribution >= 0.6 is 0 Å². The van der Waals surface area contributed by atoms with Crippen molar-refractivity contribution in [1.82, 2.24) is 28.6 Å². The van der Waals surface area contributed by atoms with Crippen LogP contribution in [0.15, 0.2) is 20.7 Å². The molecule has 5 aliphatic rings. The number of amides is 5. The number of carbonyl (C=O) groups excluding carboxylic acids is 4. The molecule has 3 atom stereocenters. The number of likely N-dealkylation sites (N-methyl/N-ethyl adjacent to an activating group) is 1. The highest BCUT2D eigenvalue weighted by Crippen LogP contribution is 2.37. The molecule has 2 saturated heterocycles. The minimum Gasteiger partial charge on any atom is -0.312 e. The first kappa shape index (κ1) is 23.0. The molecule has 192 valence electrons. The molecule has 5 heterocycles. The maximum absolute atomic E-state index is 13.3. The van der Waals surface area contributed by atoms with Gasteiger partial charge in [-0.1, -0.05) is 0 Å². The van der Waals surface area contributed by atoms with E-state index in [0.717, 1.165) is 17.7 Å². The molecule has 36 heavy (non-hydrogen) atoms. The molecule has 1 aromatic rings. The van der Waals surface area contributed by atoms with Crippen LogP contribution < -0.4 is 11.4 Å². The van der Waals surface area contributed by atoms with Crippen molar-refractivity contribution in [1.29, 1.82) is 0 Å². The summed E-state index contributed by atoms with van der Waals surface area (Å²) in [5.74, 6) is -0.900. The molecule has 0 spiro atoms. The molecule has 0 bridgehead atoms. The summed E-state index contributed by atoms with van der Waals surface area (Å²) >= 11 is 0. The van der Waals surface area contributed by atoms with E-state index in [-0.39, 0.29) is 60.1 Å². The zero-order valence-electron chi connectivity index (χ0n) is 20.4. The van der Waals surface area contributed by atoms with Crippen LogP contribution in [0.1, 0.15) is 44.9 Å². The fourth-order valence-corrected chi connectivity index (χ4v) is 6.58. The lowest BCUT2D eigenvalue weighted by Crippen LogP contribution is -2.44. The lowest BCUT2D eigenvalue weighted by Gasteiger charge is -2.32. The highest BCUT2D eigenvalue weighted by Gasteiger charge is 2.49. The molecular formula is C24H30N6O6. The van der Waals surface area contributed by atoms with Crippen LogP contribution in [0, 0.1) is 11.8 Å². The Bertz CT molecular complexity index is 1300. The van der Waals surface area contributed by atoms with Crippen molar-refractivity contribution in [2.24, 2.45) is 11.8 Å². The van der Waals surface area contributed by atoms with Crippen molar-refractivity contribution in [3.63, 3.8) is 0 Å². The van der Waals surface area contributed by atoms with Crippen LogP contribution in [-0.2, 0) is 34.0 Å². The molecule has 1 aromatic heterocycles. The summed E-state index contributed by atoms with van der Waals surface area (Å²) < 4.78 is 4.31. The molecule has 2 fully saturated rings. The third kappa shape index (κ3) is 3.33. The van der Waals surface area contributed by atoms with Gasteiger partial charge in [0.05, 0.1) is 0 Å². The van der Waals surface area contributed by atoms with Gasteiger partial charge in [0.1, 0.15) is 6.04 Å². The van der Waals surface area contributed by atoms with Crippen LogP contribution in [0.5, 0.6) is 0 Å². The fraction of sp³-hybridized carbons (Fsp3) is 0.667. The molecule has 0 aromatic carbocycles. The summed E-state index contributed by atoms with van der Waals surface area (Å²) in [5, 5.41) is 0. The Morgan fingerprint density at radius 1 is 0.778 bits per heavy atom. The van der Waals surface area contributed by atoms with Gasteiger partial charge in [-0.05, 0) is 56.8 Å². The number of imide groups is 2. The van der Waals surface area contributed by atoms with Crippen LogP contribution in [-0.4, -0.2) is 78.6 Å². The minimum absolute atomic E-state index is 0.0570. The Morgan fingerprint density at radius 2 is 1.44 bits per heavy atom. The van der Waals surface area contributed by atoms with Gasteiger partial charge in [-0.3, -0.25) is 24.2 Å². The lowest BCUT2D eigenvalue weighted by molar-refractivity contribution is -0.136. The summed E-state index contributed by atoms with van der Waals surface area (Å²) in [6, 6.07) is -0.906. The fourth-order valence-electron chi connectivity index (χ4n) is 6.58. The first-order valence-electron chi connectivity index (χ1n) is 12.8. The second-order valence-electron chi connectivity index (χ2n) is 10.7. The van der Waals surface area contributed by atoms with Crippen molar-refractivity contribution in [2.45, 2.75) is 70.6 Å². The molecule has 0 saturated carbocycles. The maximum Gasteiger partial charge on any atom is 0.347 e. The van der Waals surface area contributed by atoms with Crippen LogP contribution in [0.2, 0.25) is 0 Å². The summed E-state index contributed by atoms with van der Waals surface area (Å²) in [6.45, 7) is 1.96. The number of nitrogens with zero attached hydrogens (tertiary/aromatic N) is 6. The van der Waals surface area contributed by atoms with Gasteiger partial charge in [0.25, 0.3) is 17.7 Å². The van der Waals surface area contributed by atoms with E-state index >= 15 is 0 Å². The molecule has 12 nitrogen and oxygen atoms in total. The average Bonchev–Trinajstić information content (AvgIpc) is 3.36. The SMILES string of the molecule is CN1C(=O)C2=C(CC(CN3C(=O)C4CC(Cn5c(=O)n6n(c5=O)CCCC6)CCN4C3=O)CC2)C1=O. The van der Waals surface area contributed by atoms with E-state index in [1.54, 1.807) is 4.90 Å². The molecule has 1 aliphatic carbocycles. The summed E-state index contributed by atoms with van der Waals surface area (Å²) in [6.07, 6.45) is 4.28. The first-order chi connectivity index (χ1) is 17.3. The van der Waals surface area contributed by atoms with E-state index < -0.39 is 6.04 Å².